The van der Waals surface area contributed by atoms with Crippen LogP contribution in [0.25, 0.3) is 22.2 Å². The molecular weight excluding hydrogens is 490 g/mol. The van der Waals surface area contributed by atoms with E-state index in [2.05, 4.69) is 15.3 Å². The molecule has 1 atom stereocenters. The summed E-state index contributed by atoms with van der Waals surface area (Å²) in [4.78, 5) is 24.0. The van der Waals surface area contributed by atoms with Crippen LogP contribution < -0.4 is 15.0 Å². The van der Waals surface area contributed by atoms with Gasteiger partial charge in [-0.15, -0.1) is 0 Å². The topological polar surface area (TPSA) is 67.4 Å². The molecule has 0 saturated carbocycles. The first-order chi connectivity index (χ1) is 16.8. The van der Waals surface area contributed by atoms with Gasteiger partial charge >= 0.3 is 0 Å². The van der Waals surface area contributed by atoms with E-state index in [4.69, 9.17) is 27.9 Å². The molecule has 3 heterocycles. The summed E-state index contributed by atoms with van der Waals surface area (Å²) in [5.41, 5.74) is 3.17. The largest absolute Gasteiger partial charge is 0.493 e. The maximum atomic E-state index is 15.0. The van der Waals surface area contributed by atoms with Crippen LogP contribution in [-0.4, -0.2) is 36.6 Å². The van der Waals surface area contributed by atoms with Crippen LogP contribution in [0.5, 0.6) is 5.75 Å². The standard InChI is InChI=1S/C26H21Cl2FN4O2/c1-33(2)25-18(26(34)32-20-7-8-35-21-6-4-3-5-17(20)21)12-30-23-22(19(29)13-31-24(23)25)14-9-15(27)11-16(28)10-14/h3-6,9-13,20H,7-8H2,1-2H3,(H,32,34)/t20-/m0/s1. The van der Waals surface area contributed by atoms with Crippen molar-refractivity contribution in [2.75, 3.05) is 25.6 Å². The molecule has 0 aliphatic carbocycles. The minimum Gasteiger partial charge on any atom is -0.493 e. The average Bonchev–Trinajstić information content (AvgIpc) is 2.82. The number of hydrogen-bond acceptors (Lipinski definition) is 5. The molecule has 1 aliphatic heterocycles. The number of ether oxygens (including phenoxy) is 1. The summed E-state index contributed by atoms with van der Waals surface area (Å²) in [6.45, 7) is 0.505. The molecule has 2 aromatic heterocycles. The van der Waals surface area contributed by atoms with Crippen molar-refractivity contribution < 1.29 is 13.9 Å². The number of pyridine rings is 2. The Kier molecular flexibility index (Phi) is 6.21. The molecular formula is C26H21Cl2FN4O2. The van der Waals surface area contributed by atoms with Gasteiger partial charge in [-0.1, -0.05) is 41.4 Å². The van der Waals surface area contributed by atoms with E-state index >= 15 is 4.39 Å². The SMILES string of the molecule is CN(C)c1c(C(=O)N[C@H]2CCOc3ccccc32)cnc2c(-c3cc(Cl)cc(Cl)c3)c(F)cnc12. The quantitative estimate of drug-likeness (QED) is 0.361. The molecule has 2 aromatic carbocycles. The number of para-hydroxylation sites is 1. The Morgan fingerprint density at radius 3 is 2.54 bits per heavy atom. The Hall–Kier alpha value is -3.42. The number of aromatic nitrogens is 2. The van der Waals surface area contributed by atoms with Crippen molar-refractivity contribution in [3.05, 3.63) is 81.8 Å². The number of carbonyl (C=O) groups excluding carboxylic acids is 1. The van der Waals surface area contributed by atoms with Gasteiger partial charge in [-0.3, -0.25) is 9.78 Å². The Balaban J connectivity index is 1.61. The van der Waals surface area contributed by atoms with Gasteiger partial charge < -0.3 is 15.0 Å². The number of nitrogens with one attached hydrogen (secondary N) is 1. The number of hydrogen-bond donors (Lipinski definition) is 1. The van der Waals surface area contributed by atoms with Crippen LogP contribution in [-0.2, 0) is 0 Å². The molecule has 9 heteroatoms. The Bertz CT molecular complexity index is 1440. The first-order valence-corrected chi connectivity index (χ1v) is 11.7. The third-order valence-electron chi connectivity index (χ3n) is 5.92. The monoisotopic (exact) mass is 510 g/mol. The molecule has 0 saturated heterocycles. The van der Waals surface area contributed by atoms with E-state index in [-0.39, 0.29) is 17.5 Å². The summed E-state index contributed by atoms with van der Waals surface area (Å²) in [7, 11) is 3.60. The zero-order valence-electron chi connectivity index (χ0n) is 19.0. The molecule has 6 nitrogen and oxygen atoms in total. The summed E-state index contributed by atoms with van der Waals surface area (Å²) >= 11 is 12.3. The van der Waals surface area contributed by atoms with Gasteiger partial charge in [0.2, 0.25) is 0 Å². The van der Waals surface area contributed by atoms with Crippen LogP contribution in [0.3, 0.4) is 0 Å². The van der Waals surface area contributed by atoms with Gasteiger partial charge in [0, 0.05) is 47.9 Å². The van der Waals surface area contributed by atoms with E-state index in [0.717, 1.165) is 17.5 Å². The lowest BCUT2D eigenvalue weighted by Crippen LogP contribution is -2.33. The van der Waals surface area contributed by atoms with Crippen molar-refractivity contribution in [3.8, 4) is 16.9 Å². The van der Waals surface area contributed by atoms with Gasteiger partial charge in [-0.2, -0.15) is 0 Å². The lowest BCUT2D eigenvalue weighted by atomic mass is 9.99. The average molecular weight is 511 g/mol. The minimum absolute atomic E-state index is 0.205. The van der Waals surface area contributed by atoms with Gasteiger partial charge in [-0.25, -0.2) is 9.37 Å². The predicted molar refractivity (Wildman–Crippen MR) is 136 cm³/mol. The second-order valence-electron chi connectivity index (χ2n) is 8.45. The van der Waals surface area contributed by atoms with Crippen molar-refractivity contribution >= 4 is 45.8 Å². The fourth-order valence-electron chi connectivity index (χ4n) is 4.41. The molecule has 4 aromatic rings. The maximum Gasteiger partial charge on any atom is 0.255 e. The van der Waals surface area contributed by atoms with E-state index in [9.17, 15) is 4.79 Å². The van der Waals surface area contributed by atoms with Crippen molar-refractivity contribution in [2.24, 2.45) is 0 Å². The van der Waals surface area contributed by atoms with Crippen molar-refractivity contribution in [3.63, 3.8) is 0 Å². The molecule has 0 spiro atoms. The minimum atomic E-state index is -0.566. The Labute approximate surface area is 211 Å². The second-order valence-corrected chi connectivity index (χ2v) is 9.33. The highest BCUT2D eigenvalue weighted by Gasteiger charge is 2.27. The number of carbonyl (C=O) groups is 1. The Morgan fingerprint density at radius 2 is 1.80 bits per heavy atom. The Morgan fingerprint density at radius 1 is 1.09 bits per heavy atom. The highest BCUT2D eigenvalue weighted by molar-refractivity contribution is 6.35. The summed E-state index contributed by atoms with van der Waals surface area (Å²) in [5, 5.41) is 3.85. The van der Waals surface area contributed by atoms with Crippen molar-refractivity contribution in [1.29, 1.82) is 0 Å². The smallest absolute Gasteiger partial charge is 0.255 e. The lowest BCUT2D eigenvalue weighted by Gasteiger charge is -2.27. The van der Waals surface area contributed by atoms with Gasteiger partial charge in [0.05, 0.1) is 30.1 Å². The number of nitrogens with zero attached hydrogens (tertiary/aromatic N) is 3. The van der Waals surface area contributed by atoms with Gasteiger partial charge in [0.1, 0.15) is 16.8 Å². The normalized spacial score (nSPS) is 14.8. The summed E-state index contributed by atoms with van der Waals surface area (Å²) in [6.07, 6.45) is 3.22. The van der Waals surface area contributed by atoms with Crippen LogP contribution in [0.1, 0.15) is 28.4 Å². The molecule has 0 radical (unpaired) electrons. The van der Waals surface area contributed by atoms with E-state index < -0.39 is 5.82 Å². The van der Waals surface area contributed by atoms with E-state index in [1.54, 1.807) is 37.2 Å². The zero-order valence-corrected chi connectivity index (χ0v) is 20.5. The third kappa shape index (κ3) is 4.37. The summed E-state index contributed by atoms with van der Waals surface area (Å²) < 4.78 is 20.7. The number of rotatable bonds is 4. The van der Waals surface area contributed by atoms with E-state index in [1.807, 2.05) is 24.3 Å². The van der Waals surface area contributed by atoms with Gasteiger partial charge in [-0.05, 0) is 29.8 Å². The van der Waals surface area contributed by atoms with Crippen LogP contribution in [0.15, 0.2) is 54.9 Å². The van der Waals surface area contributed by atoms with Gasteiger partial charge in [0.25, 0.3) is 5.91 Å². The van der Waals surface area contributed by atoms with Crippen molar-refractivity contribution in [2.45, 2.75) is 12.5 Å². The summed E-state index contributed by atoms with van der Waals surface area (Å²) in [6, 6.07) is 12.2. The van der Waals surface area contributed by atoms with Crippen LogP contribution in [0.4, 0.5) is 10.1 Å². The number of fused-ring (bicyclic) bond motifs is 2. The predicted octanol–water partition coefficient (Wildman–Crippen LogP) is 6.06. The molecule has 5 rings (SSSR count). The molecule has 1 amide bonds. The number of anilines is 1. The first-order valence-electron chi connectivity index (χ1n) is 11.0. The third-order valence-corrected chi connectivity index (χ3v) is 6.35. The fraction of sp³-hybridized carbons (Fsp3) is 0.192. The summed E-state index contributed by atoms with van der Waals surface area (Å²) in [5.74, 6) is -0.109. The number of benzene rings is 2. The van der Waals surface area contributed by atoms with E-state index in [1.165, 1.54) is 6.20 Å². The molecule has 0 unspecified atom stereocenters. The molecule has 0 bridgehead atoms. The van der Waals surface area contributed by atoms with Crippen LogP contribution in [0.2, 0.25) is 10.0 Å². The lowest BCUT2D eigenvalue weighted by molar-refractivity contribution is 0.0925. The fourth-order valence-corrected chi connectivity index (χ4v) is 4.94. The van der Waals surface area contributed by atoms with E-state index in [0.29, 0.717) is 50.9 Å². The maximum absolute atomic E-state index is 15.0. The zero-order chi connectivity index (χ0) is 24.7. The number of halogens is 3. The number of amides is 1. The molecule has 1 aliphatic rings. The highest BCUT2D eigenvalue weighted by atomic mass is 35.5. The molecule has 178 valence electrons. The van der Waals surface area contributed by atoms with Crippen molar-refractivity contribution in [1.82, 2.24) is 15.3 Å². The molecule has 35 heavy (non-hydrogen) atoms. The first kappa shape index (κ1) is 23.3. The highest BCUT2D eigenvalue weighted by Crippen LogP contribution is 2.37. The molecule has 1 N–H and O–H groups in total. The van der Waals surface area contributed by atoms with Crippen LogP contribution in [0, 0.1) is 5.82 Å². The van der Waals surface area contributed by atoms with Crippen LogP contribution >= 0.6 is 23.2 Å². The molecule has 0 fully saturated rings. The second kappa shape index (κ2) is 9.32. The van der Waals surface area contributed by atoms with Gasteiger partial charge in [0.15, 0.2) is 5.82 Å².